The van der Waals surface area contributed by atoms with E-state index in [1.165, 1.54) is 0 Å². The van der Waals surface area contributed by atoms with Gasteiger partial charge in [0.25, 0.3) is 0 Å². The van der Waals surface area contributed by atoms with Crippen LogP contribution in [0.1, 0.15) is 71.1 Å². The van der Waals surface area contributed by atoms with Gasteiger partial charge in [-0.15, -0.1) is 0 Å². The number of aliphatic carboxylic acids is 1. The number of allylic oxidation sites excluding steroid dienone is 2. The van der Waals surface area contributed by atoms with Crippen LogP contribution in [0.3, 0.4) is 0 Å². The van der Waals surface area contributed by atoms with E-state index in [2.05, 4.69) is 19.1 Å². The molecule has 1 aliphatic rings. The van der Waals surface area contributed by atoms with Gasteiger partial charge in [0.15, 0.2) is 0 Å². The third-order valence-corrected chi connectivity index (χ3v) is 4.55. The maximum Gasteiger partial charge on any atom is 0.303 e. The minimum atomic E-state index is -0.730. The zero-order valence-corrected chi connectivity index (χ0v) is 14.5. The second-order valence-electron chi connectivity index (χ2n) is 6.59. The van der Waals surface area contributed by atoms with Gasteiger partial charge in [-0.1, -0.05) is 31.9 Å². The van der Waals surface area contributed by atoms with Crippen molar-refractivity contribution in [3.05, 3.63) is 12.2 Å². The number of unbranched alkanes of at least 4 members (excludes halogenated alkanes) is 3. The summed E-state index contributed by atoms with van der Waals surface area (Å²) in [6, 6.07) is 0. The number of Topliss-reactive ketones (excluding diaryl/α,β-unsaturated/α-hetero) is 1. The SMILES string of the molecule is CCCCCC(=O)CC[C@@H]1COC[C@@H]1CC=CCCCC(=O)O. The smallest absolute Gasteiger partial charge is 0.303 e. The molecular weight excluding hydrogens is 292 g/mol. The van der Waals surface area contributed by atoms with Gasteiger partial charge < -0.3 is 9.84 Å². The Kier molecular flexibility index (Phi) is 10.6. The molecule has 1 saturated heterocycles. The molecule has 0 aliphatic carbocycles. The second-order valence-corrected chi connectivity index (χ2v) is 6.59. The average Bonchev–Trinajstić information content (AvgIpc) is 2.96. The molecule has 0 amide bonds. The van der Waals surface area contributed by atoms with E-state index in [4.69, 9.17) is 9.84 Å². The van der Waals surface area contributed by atoms with E-state index in [0.717, 1.165) is 58.2 Å². The maximum absolute atomic E-state index is 11.9. The van der Waals surface area contributed by atoms with Gasteiger partial charge in [-0.25, -0.2) is 0 Å². The fourth-order valence-corrected chi connectivity index (χ4v) is 3.03. The van der Waals surface area contributed by atoms with Crippen LogP contribution in [0.2, 0.25) is 0 Å². The van der Waals surface area contributed by atoms with Crippen LogP contribution < -0.4 is 0 Å². The Morgan fingerprint density at radius 3 is 2.57 bits per heavy atom. The van der Waals surface area contributed by atoms with Gasteiger partial charge in [0.2, 0.25) is 0 Å². The molecule has 0 aromatic rings. The van der Waals surface area contributed by atoms with E-state index in [1.54, 1.807) is 0 Å². The molecule has 0 radical (unpaired) electrons. The van der Waals surface area contributed by atoms with Crippen molar-refractivity contribution in [1.29, 1.82) is 0 Å². The monoisotopic (exact) mass is 324 g/mol. The summed E-state index contributed by atoms with van der Waals surface area (Å²) in [5, 5.41) is 8.58. The van der Waals surface area contributed by atoms with Crippen molar-refractivity contribution in [3.8, 4) is 0 Å². The van der Waals surface area contributed by atoms with E-state index in [9.17, 15) is 9.59 Å². The molecule has 1 rings (SSSR count). The van der Waals surface area contributed by atoms with Gasteiger partial charge in [0, 0.05) is 25.9 Å². The molecule has 0 aromatic heterocycles. The summed E-state index contributed by atoms with van der Waals surface area (Å²) in [6.45, 7) is 3.72. The lowest BCUT2D eigenvalue weighted by molar-refractivity contribution is -0.137. The van der Waals surface area contributed by atoms with Crippen LogP contribution in [0.4, 0.5) is 0 Å². The Labute approximate surface area is 140 Å². The molecule has 0 unspecified atom stereocenters. The van der Waals surface area contributed by atoms with Gasteiger partial charge in [0.1, 0.15) is 5.78 Å². The first kappa shape index (κ1) is 19.9. The minimum Gasteiger partial charge on any atom is -0.481 e. The largest absolute Gasteiger partial charge is 0.481 e. The molecule has 0 aromatic carbocycles. The van der Waals surface area contributed by atoms with Crippen molar-refractivity contribution in [2.24, 2.45) is 11.8 Å². The Morgan fingerprint density at radius 1 is 1.04 bits per heavy atom. The first-order chi connectivity index (χ1) is 11.1. The summed E-state index contributed by atoms with van der Waals surface area (Å²) in [4.78, 5) is 22.3. The van der Waals surface area contributed by atoms with Crippen LogP contribution >= 0.6 is 0 Å². The molecule has 0 saturated carbocycles. The Morgan fingerprint density at radius 2 is 1.83 bits per heavy atom. The molecule has 23 heavy (non-hydrogen) atoms. The van der Waals surface area contributed by atoms with Crippen molar-refractivity contribution in [1.82, 2.24) is 0 Å². The molecule has 1 N–H and O–H groups in total. The van der Waals surface area contributed by atoms with E-state index >= 15 is 0 Å². The van der Waals surface area contributed by atoms with Gasteiger partial charge in [-0.05, 0) is 43.9 Å². The van der Waals surface area contributed by atoms with Crippen LogP contribution in [0.15, 0.2) is 12.2 Å². The summed E-state index contributed by atoms with van der Waals surface area (Å²) >= 11 is 0. The highest BCUT2D eigenvalue weighted by molar-refractivity contribution is 5.78. The molecule has 4 nitrogen and oxygen atoms in total. The number of ketones is 1. The number of carboxylic acids is 1. The first-order valence-electron chi connectivity index (χ1n) is 9.09. The predicted octanol–water partition coefficient (Wildman–Crippen LogP) is 4.38. The third-order valence-electron chi connectivity index (χ3n) is 4.55. The maximum atomic E-state index is 11.9. The third kappa shape index (κ3) is 9.54. The van der Waals surface area contributed by atoms with Gasteiger partial charge >= 0.3 is 5.97 Å². The quantitative estimate of drug-likeness (QED) is 0.403. The zero-order chi connectivity index (χ0) is 16.9. The number of carbonyl (C=O) groups excluding carboxylic acids is 1. The summed E-state index contributed by atoms with van der Waals surface area (Å²) < 4.78 is 5.59. The van der Waals surface area contributed by atoms with Gasteiger partial charge in [0.05, 0.1) is 6.61 Å². The summed E-state index contributed by atoms with van der Waals surface area (Å²) in [5.74, 6) is 0.669. The number of ether oxygens (including phenoxy) is 1. The van der Waals surface area contributed by atoms with Crippen LogP contribution in [-0.2, 0) is 14.3 Å². The average molecular weight is 324 g/mol. The number of carboxylic acid groups (broad SMARTS) is 1. The zero-order valence-electron chi connectivity index (χ0n) is 14.5. The van der Waals surface area contributed by atoms with E-state index in [1.807, 2.05) is 0 Å². The molecule has 0 bridgehead atoms. The number of hydrogen-bond donors (Lipinski definition) is 1. The number of rotatable bonds is 13. The molecular formula is C19H32O4. The van der Waals surface area contributed by atoms with E-state index in [0.29, 0.717) is 30.5 Å². The highest BCUT2D eigenvalue weighted by atomic mass is 16.5. The minimum absolute atomic E-state index is 0.236. The fourth-order valence-electron chi connectivity index (χ4n) is 3.03. The normalized spacial score (nSPS) is 21.1. The molecule has 4 heteroatoms. The Hall–Kier alpha value is -1.16. The van der Waals surface area contributed by atoms with Crippen LogP contribution in [0, 0.1) is 11.8 Å². The molecule has 2 atom stereocenters. The lowest BCUT2D eigenvalue weighted by atomic mass is 9.88. The molecule has 1 fully saturated rings. The van der Waals surface area contributed by atoms with Crippen molar-refractivity contribution < 1.29 is 19.4 Å². The van der Waals surface area contributed by atoms with Crippen molar-refractivity contribution >= 4 is 11.8 Å². The first-order valence-corrected chi connectivity index (χ1v) is 9.09. The van der Waals surface area contributed by atoms with Crippen molar-refractivity contribution in [2.45, 2.75) is 71.1 Å². The van der Waals surface area contributed by atoms with Crippen molar-refractivity contribution in [2.75, 3.05) is 13.2 Å². The standard InChI is InChI=1S/C19H32O4/c1-2-3-6-10-18(20)13-12-17-15-23-14-16(17)9-7-4-5-8-11-19(21)22/h4,7,16-17H,2-3,5-6,8-15H2,1H3,(H,21,22)/t16-,17+/m0/s1. The predicted molar refractivity (Wildman–Crippen MR) is 91.4 cm³/mol. The summed E-state index contributed by atoms with van der Waals surface area (Å²) in [5.41, 5.74) is 0. The topological polar surface area (TPSA) is 63.6 Å². The molecule has 0 spiro atoms. The van der Waals surface area contributed by atoms with Crippen LogP contribution in [-0.4, -0.2) is 30.1 Å². The highest BCUT2D eigenvalue weighted by Crippen LogP contribution is 2.28. The molecule has 132 valence electrons. The lowest BCUT2D eigenvalue weighted by Crippen LogP contribution is -2.13. The Bertz CT molecular complexity index is 376. The van der Waals surface area contributed by atoms with Crippen LogP contribution in [0.5, 0.6) is 0 Å². The number of hydrogen-bond acceptors (Lipinski definition) is 3. The summed E-state index contributed by atoms with van der Waals surface area (Å²) in [7, 11) is 0. The van der Waals surface area contributed by atoms with Gasteiger partial charge in [-0.3, -0.25) is 9.59 Å². The fraction of sp³-hybridized carbons (Fsp3) is 0.789. The van der Waals surface area contributed by atoms with Gasteiger partial charge in [-0.2, -0.15) is 0 Å². The number of carbonyl (C=O) groups is 2. The molecule has 1 heterocycles. The highest BCUT2D eigenvalue weighted by Gasteiger charge is 2.27. The molecule has 1 aliphatic heterocycles. The second kappa shape index (κ2) is 12.3. The van der Waals surface area contributed by atoms with E-state index in [-0.39, 0.29) is 6.42 Å². The Balaban J connectivity index is 2.16. The lowest BCUT2D eigenvalue weighted by Gasteiger charge is -2.15. The van der Waals surface area contributed by atoms with Crippen molar-refractivity contribution in [3.63, 3.8) is 0 Å². The van der Waals surface area contributed by atoms with E-state index < -0.39 is 5.97 Å². The van der Waals surface area contributed by atoms with Crippen LogP contribution in [0.25, 0.3) is 0 Å². The summed E-state index contributed by atoms with van der Waals surface area (Å²) in [6.07, 6.45) is 12.7.